The number of nitrogens with zero attached hydrogens (tertiary/aromatic N) is 2. The van der Waals surface area contributed by atoms with Gasteiger partial charge in [0, 0.05) is 18.1 Å². The van der Waals surface area contributed by atoms with E-state index in [1.165, 1.54) is 0 Å². The van der Waals surface area contributed by atoms with Gasteiger partial charge in [-0.3, -0.25) is 0 Å². The van der Waals surface area contributed by atoms with E-state index in [0.717, 1.165) is 22.3 Å². The molecule has 2 rings (SSSR count). The highest BCUT2D eigenvalue weighted by Crippen LogP contribution is 2.26. The van der Waals surface area contributed by atoms with Crippen molar-refractivity contribution in [3.63, 3.8) is 0 Å². The van der Waals surface area contributed by atoms with Crippen LogP contribution in [0.5, 0.6) is 0 Å². The third-order valence-corrected chi connectivity index (χ3v) is 3.28. The van der Waals surface area contributed by atoms with Crippen molar-refractivity contribution in [2.45, 2.75) is 13.5 Å². The molecule has 1 aromatic heterocycles. The van der Waals surface area contributed by atoms with Crippen molar-refractivity contribution >= 4 is 27.6 Å². The van der Waals surface area contributed by atoms with Crippen molar-refractivity contribution in [1.82, 2.24) is 15.5 Å². The number of halogens is 1. The van der Waals surface area contributed by atoms with Gasteiger partial charge in [0.25, 0.3) is 0 Å². The van der Waals surface area contributed by atoms with E-state index in [4.69, 9.17) is 9.15 Å². The van der Waals surface area contributed by atoms with Gasteiger partial charge in [-0.1, -0.05) is 11.2 Å². The summed E-state index contributed by atoms with van der Waals surface area (Å²) in [6.45, 7) is 3.93. The highest BCUT2D eigenvalue weighted by atomic mass is 79.9. The van der Waals surface area contributed by atoms with Crippen molar-refractivity contribution < 1.29 is 9.15 Å². The van der Waals surface area contributed by atoms with Crippen LogP contribution in [0.15, 0.2) is 27.1 Å². The molecule has 2 N–H and O–H groups in total. The smallest absolute Gasteiger partial charge is 0.320 e. The standard InChI is InChI=1S/C13H17BrN4O2/c1-9-3-4-10(14)11(7-9)16-13-18-17-12(20-13)8-15-5-6-19-2/h3-4,7,15H,5-6,8H2,1-2H3,(H,16,18). The number of benzene rings is 1. The van der Waals surface area contributed by atoms with Crippen LogP contribution >= 0.6 is 15.9 Å². The van der Waals surface area contributed by atoms with E-state index in [0.29, 0.717) is 25.1 Å². The number of nitrogens with one attached hydrogen (secondary N) is 2. The predicted molar refractivity (Wildman–Crippen MR) is 80.0 cm³/mol. The minimum atomic E-state index is 0.375. The van der Waals surface area contributed by atoms with Crippen LogP contribution in [0.2, 0.25) is 0 Å². The minimum absolute atomic E-state index is 0.375. The zero-order valence-electron chi connectivity index (χ0n) is 11.4. The summed E-state index contributed by atoms with van der Waals surface area (Å²) in [6, 6.07) is 6.38. The van der Waals surface area contributed by atoms with E-state index < -0.39 is 0 Å². The number of aromatic nitrogens is 2. The number of anilines is 2. The van der Waals surface area contributed by atoms with Crippen molar-refractivity contribution in [2.75, 3.05) is 25.6 Å². The van der Waals surface area contributed by atoms with Crippen LogP contribution in [0.3, 0.4) is 0 Å². The Hall–Kier alpha value is -1.44. The second-order valence-corrected chi connectivity index (χ2v) is 5.13. The first-order valence-corrected chi connectivity index (χ1v) is 7.03. The predicted octanol–water partition coefficient (Wildman–Crippen LogP) is 2.62. The monoisotopic (exact) mass is 340 g/mol. The molecule has 0 atom stereocenters. The summed E-state index contributed by atoms with van der Waals surface area (Å²) in [5, 5.41) is 14.2. The molecule has 0 amide bonds. The summed E-state index contributed by atoms with van der Waals surface area (Å²) < 4.78 is 11.4. The summed E-state index contributed by atoms with van der Waals surface area (Å²) in [4.78, 5) is 0. The first-order valence-electron chi connectivity index (χ1n) is 6.24. The van der Waals surface area contributed by atoms with Crippen LogP contribution in [-0.2, 0) is 11.3 Å². The maximum atomic E-state index is 5.51. The van der Waals surface area contributed by atoms with Gasteiger partial charge in [0.15, 0.2) is 0 Å². The molecule has 0 bridgehead atoms. The van der Waals surface area contributed by atoms with Crippen LogP contribution in [0.25, 0.3) is 0 Å². The maximum absolute atomic E-state index is 5.51. The van der Waals surface area contributed by atoms with E-state index in [2.05, 4.69) is 36.8 Å². The highest BCUT2D eigenvalue weighted by molar-refractivity contribution is 9.10. The molecular weight excluding hydrogens is 324 g/mol. The first kappa shape index (κ1) is 15.0. The molecule has 2 aromatic rings. The van der Waals surface area contributed by atoms with Gasteiger partial charge in [-0.05, 0) is 40.5 Å². The van der Waals surface area contributed by atoms with Crippen LogP contribution in [0.1, 0.15) is 11.5 Å². The molecule has 0 saturated heterocycles. The Morgan fingerprint density at radius 3 is 3.00 bits per heavy atom. The maximum Gasteiger partial charge on any atom is 0.320 e. The Bertz CT molecular complexity index is 559. The number of hydrogen-bond acceptors (Lipinski definition) is 6. The fourth-order valence-corrected chi connectivity index (χ4v) is 1.94. The van der Waals surface area contributed by atoms with Gasteiger partial charge < -0.3 is 19.8 Å². The summed E-state index contributed by atoms with van der Waals surface area (Å²) in [5.41, 5.74) is 2.05. The Balaban J connectivity index is 1.93. The molecule has 6 nitrogen and oxygen atoms in total. The summed E-state index contributed by atoms with van der Waals surface area (Å²) >= 11 is 3.48. The van der Waals surface area contributed by atoms with Crippen molar-refractivity contribution in [2.24, 2.45) is 0 Å². The third kappa shape index (κ3) is 4.29. The van der Waals surface area contributed by atoms with Gasteiger partial charge in [-0.25, -0.2) is 0 Å². The lowest BCUT2D eigenvalue weighted by molar-refractivity contribution is 0.198. The van der Waals surface area contributed by atoms with Gasteiger partial charge in [-0.15, -0.1) is 5.10 Å². The largest absolute Gasteiger partial charge is 0.406 e. The molecule has 7 heteroatoms. The summed E-state index contributed by atoms with van der Waals surface area (Å²) in [7, 11) is 1.66. The molecule has 0 aliphatic heterocycles. The topological polar surface area (TPSA) is 72.2 Å². The second-order valence-electron chi connectivity index (χ2n) is 4.28. The third-order valence-electron chi connectivity index (χ3n) is 2.59. The minimum Gasteiger partial charge on any atom is -0.406 e. The van der Waals surface area contributed by atoms with Crippen LogP contribution < -0.4 is 10.6 Å². The summed E-state index contributed by atoms with van der Waals surface area (Å²) in [5.74, 6) is 0.535. The number of aryl methyl sites for hydroxylation is 1. The lowest BCUT2D eigenvalue weighted by atomic mass is 10.2. The zero-order valence-corrected chi connectivity index (χ0v) is 13.0. The lowest BCUT2D eigenvalue weighted by Gasteiger charge is -2.05. The van der Waals surface area contributed by atoms with Crippen LogP contribution in [0, 0.1) is 6.92 Å². The van der Waals surface area contributed by atoms with Crippen molar-refractivity contribution in [3.05, 3.63) is 34.1 Å². The van der Waals surface area contributed by atoms with Gasteiger partial charge >= 0.3 is 6.01 Å². The molecule has 20 heavy (non-hydrogen) atoms. The van der Waals surface area contributed by atoms with E-state index in [-0.39, 0.29) is 0 Å². The average Bonchev–Trinajstić information content (AvgIpc) is 2.87. The van der Waals surface area contributed by atoms with E-state index in [9.17, 15) is 0 Å². The van der Waals surface area contributed by atoms with E-state index >= 15 is 0 Å². The Morgan fingerprint density at radius 2 is 2.20 bits per heavy atom. The van der Waals surface area contributed by atoms with Gasteiger partial charge in [-0.2, -0.15) is 0 Å². The zero-order chi connectivity index (χ0) is 14.4. The summed E-state index contributed by atoms with van der Waals surface area (Å²) in [6.07, 6.45) is 0. The first-order chi connectivity index (χ1) is 9.69. The van der Waals surface area contributed by atoms with E-state index in [1.807, 2.05) is 25.1 Å². The van der Waals surface area contributed by atoms with Gasteiger partial charge in [0.2, 0.25) is 5.89 Å². The van der Waals surface area contributed by atoms with E-state index in [1.54, 1.807) is 7.11 Å². The SMILES string of the molecule is COCCNCc1nnc(Nc2cc(C)ccc2Br)o1. The van der Waals surface area contributed by atoms with Crippen LogP contribution in [0.4, 0.5) is 11.7 Å². The fourth-order valence-electron chi connectivity index (χ4n) is 1.60. The molecule has 0 unspecified atom stereocenters. The molecule has 108 valence electrons. The molecule has 0 spiro atoms. The highest BCUT2D eigenvalue weighted by Gasteiger charge is 2.08. The van der Waals surface area contributed by atoms with Crippen LogP contribution in [-0.4, -0.2) is 30.5 Å². The van der Waals surface area contributed by atoms with Gasteiger partial charge in [0.1, 0.15) is 0 Å². The quantitative estimate of drug-likeness (QED) is 0.755. The fraction of sp³-hybridized carbons (Fsp3) is 0.385. The molecule has 0 radical (unpaired) electrons. The number of methoxy groups -OCH3 is 1. The number of ether oxygens (including phenoxy) is 1. The molecule has 0 aliphatic rings. The number of rotatable bonds is 7. The molecule has 0 saturated carbocycles. The normalized spacial score (nSPS) is 10.8. The van der Waals surface area contributed by atoms with Crippen molar-refractivity contribution in [1.29, 1.82) is 0 Å². The lowest BCUT2D eigenvalue weighted by Crippen LogP contribution is -2.18. The van der Waals surface area contributed by atoms with Gasteiger partial charge in [0.05, 0.1) is 18.8 Å². The number of hydrogen-bond donors (Lipinski definition) is 2. The molecule has 0 fully saturated rings. The Kier molecular flexibility index (Phi) is 5.51. The molecule has 0 aliphatic carbocycles. The second kappa shape index (κ2) is 7.37. The Labute approximate surface area is 126 Å². The molecule has 1 aromatic carbocycles. The Morgan fingerprint density at radius 1 is 1.35 bits per heavy atom. The molecule has 1 heterocycles. The molecular formula is C13H17BrN4O2. The average molecular weight is 341 g/mol. The van der Waals surface area contributed by atoms with Crippen molar-refractivity contribution in [3.8, 4) is 0 Å².